The van der Waals surface area contributed by atoms with E-state index in [4.69, 9.17) is 5.73 Å². The molecule has 7 heteroatoms. The minimum absolute atomic E-state index is 0.350. The molecule has 23 heavy (non-hydrogen) atoms. The molecule has 2 aromatic rings. The molecule has 1 aliphatic rings. The van der Waals surface area contributed by atoms with Gasteiger partial charge in [0, 0.05) is 34.8 Å². The number of aryl methyl sites for hydroxylation is 1. The van der Waals surface area contributed by atoms with Gasteiger partial charge in [-0.05, 0) is 38.4 Å². The van der Waals surface area contributed by atoms with Crippen molar-refractivity contribution in [2.75, 3.05) is 19.6 Å². The Balaban J connectivity index is 1.70. The first-order valence-electron chi connectivity index (χ1n) is 7.81. The first-order chi connectivity index (χ1) is 11.1. The summed E-state index contributed by atoms with van der Waals surface area (Å²) in [6.45, 7) is 7.10. The van der Waals surface area contributed by atoms with Crippen LogP contribution in [0.15, 0.2) is 17.0 Å². The van der Waals surface area contributed by atoms with E-state index in [0.717, 1.165) is 38.4 Å². The molecule has 1 amide bonds. The van der Waals surface area contributed by atoms with Crippen LogP contribution in [0, 0.1) is 12.8 Å². The Morgan fingerprint density at radius 3 is 2.96 bits per heavy atom. The molecule has 1 atom stereocenters. The monoisotopic (exact) mass is 350 g/mol. The molecule has 0 aliphatic carbocycles. The third-order valence-electron chi connectivity index (χ3n) is 4.21. The zero-order chi connectivity index (χ0) is 16.2. The molecule has 0 radical (unpaired) electrons. The lowest BCUT2D eigenvalue weighted by Crippen LogP contribution is -2.29. The molecular weight excluding hydrogens is 328 g/mol. The van der Waals surface area contributed by atoms with Gasteiger partial charge in [0.15, 0.2) is 0 Å². The number of amides is 1. The predicted octanol–water partition coefficient (Wildman–Crippen LogP) is 2.22. The van der Waals surface area contributed by atoms with Crippen LogP contribution in [0.1, 0.15) is 32.2 Å². The van der Waals surface area contributed by atoms with Crippen molar-refractivity contribution in [3.63, 3.8) is 0 Å². The number of hydrogen-bond donors (Lipinski definition) is 2. The van der Waals surface area contributed by atoms with E-state index in [9.17, 15) is 4.79 Å². The van der Waals surface area contributed by atoms with Crippen molar-refractivity contribution in [2.45, 2.75) is 26.4 Å². The van der Waals surface area contributed by atoms with Gasteiger partial charge >= 0.3 is 0 Å². The summed E-state index contributed by atoms with van der Waals surface area (Å²) in [5.41, 5.74) is 9.00. The average molecular weight is 351 g/mol. The van der Waals surface area contributed by atoms with Gasteiger partial charge in [0.25, 0.3) is 0 Å². The van der Waals surface area contributed by atoms with Gasteiger partial charge in [-0.2, -0.15) is 0 Å². The van der Waals surface area contributed by atoms with Gasteiger partial charge in [0.05, 0.1) is 16.8 Å². The predicted molar refractivity (Wildman–Crippen MR) is 94.8 cm³/mol. The molecule has 3 rings (SSSR count). The normalized spacial score (nSPS) is 17.9. The van der Waals surface area contributed by atoms with Crippen molar-refractivity contribution < 1.29 is 4.79 Å². The molecule has 3 N–H and O–H groups in total. The number of hydrogen-bond acceptors (Lipinski definition) is 6. The van der Waals surface area contributed by atoms with E-state index in [1.54, 1.807) is 22.7 Å². The molecule has 1 saturated heterocycles. The number of thiophene rings is 1. The lowest BCUT2D eigenvalue weighted by atomic mass is 10.1. The molecule has 3 heterocycles. The Bertz CT molecular complexity index is 661. The molecule has 5 nitrogen and oxygen atoms in total. The average Bonchev–Trinajstić information content (AvgIpc) is 3.23. The number of thiazole rings is 1. The first kappa shape index (κ1) is 16.6. The van der Waals surface area contributed by atoms with E-state index in [-0.39, 0.29) is 5.91 Å². The number of nitrogens with two attached hydrogens (primary N) is 1. The standard InChI is InChI=1S/C16H22N4OS2/c1-11-15(23-10-19-11)8-20(6-12-2-3-18-5-12)7-14-4-13(9-22-14)16(17)21/h4,9-10,12,18H,2-3,5-8H2,1H3,(H2,17,21)/t12-/m1/s1. The van der Waals surface area contributed by atoms with E-state index in [1.807, 2.05) is 17.0 Å². The second kappa shape index (κ2) is 7.53. The summed E-state index contributed by atoms with van der Waals surface area (Å²) in [6, 6.07) is 1.92. The van der Waals surface area contributed by atoms with Crippen molar-refractivity contribution >= 4 is 28.6 Å². The summed E-state index contributed by atoms with van der Waals surface area (Å²) in [7, 11) is 0. The largest absolute Gasteiger partial charge is 0.366 e. The molecule has 0 unspecified atom stereocenters. The number of carbonyl (C=O) groups is 1. The van der Waals surface area contributed by atoms with Gasteiger partial charge < -0.3 is 11.1 Å². The molecule has 0 aromatic carbocycles. The molecule has 2 aromatic heterocycles. The summed E-state index contributed by atoms with van der Waals surface area (Å²) in [4.78, 5) is 20.6. The van der Waals surface area contributed by atoms with Crippen molar-refractivity contribution in [2.24, 2.45) is 11.7 Å². The minimum atomic E-state index is -0.350. The summed E-state index contributed by atoms with van der Waals surface area (Å²) in [5, 5.41) is 5.29. The van der Waals surface area contributed by atoms with E-state index in [0.29, 0.717) is 11.5 Å². The molecule has 0 bridgehead atoms. The molecule has 1 fully saturated rings. The summed E-state index contributed by atoms with van der Waals surface area (Å²) in [5.74, 6) is 0.344. The van der Waals surface area contributed by atoms with Crippen LogP contribution in [-0.2, 0) is 13.1 Å². The van der Waals surface area contributed by atoms with Crippen molar-refractivity contribution in [3.05, 3.63) is 38.0 Å². The first-order valence-corrected chi connectivity index (χ1v) is 9.57. The Morgan fingerprint density at radius 2 is 2.35 bits per heavy atom. The zero-order valence-electron chi connectivity index (χ0n) is 13.2. The van der Waals surface area contributed by atoms with Crippen molar-refractivity contribution in [3.8, 4) is 0 Å². The highest BCUT2D eigenvalue weighted by atomic mass is 32.1. The Labute approximate surface area is 144 Å². The number of carbonyl (C=O) groups excluding carboxylic acids is 1. The maximum atomic E-state index is 11.3. The third-order valence-corrected chi connectivity index (χ3v) is 6.05. The maximum Gasteiger partial charge on any atom is 0.249 e. The topological polar surface area (TPSA) is 71.2 Å². The SMILES string of the molecule is Cc1ncsc1CN(Cc1cc(C(N)=O)cs1)C[C@@H]1CCNC1. The summed E-state index contributed by atoms with van der Waals surface area (Å²) < 4.78 is 0. The van der Waals surface area contributed by atoms with Crippen LogP contribution in [0.25, 0.3) is 0 Å². The minimum Gasteiger partial charge on any atom is -0.366 e. The van der Waals surface area contributed by atoms with Crippen LogP contribution in [0.3, 0.4) is 0 Å². The zero-order valence-corrected chi connectivity index (χ0v) is 14.9. The Hall–Kier alpha value is -1.28. The van der Waals surface area contributed by atoms with Gasteiger partial charge in [-0.15, -0.1) is 22.7 Å². The number of nitrogens with zero attached hydrogens (tertiary/aromatic N) is 2. The van der Waals surface area contributed by atoms with Crippen LogP contribution in [-0.4, -0.2) is 35.4 Å². The fourth-order valence-electron chi connectivity index (χ4n) is 2.91. The number of primary amides is 1. The van der Waals surface area contributed by atoms with Crippen LogP contribution < -0.4 is 11.1 Å². The van der Waals surface area contributed by atoms with Gasteiger partial charge in [-0.25, -0.2) is 4.98 Å². The quantitative estimate of drug-likeness (QED) is 0.803. The van der Waals surface area contributed by atoms with Crippen molar-refractivity contribution in [1.29, 1.82) is 0 Å². The van der Waals surface area contributed by atoms with Gasteiger partial charge in [-0.3, -0.25) is 9.69 Å². The van der Waals surface area contributed by atoms with Crippen molar-refractivity contribution in [1.82, 2.24) is 15.2 Å². The fraction of sp³-hybridized carbons (Fsp3) is 0.500. The van der Waals surface area contributed by atoms with Crippen LogP contribution >= 0.6 is 22.7 Å². The number of nitrogens with one attached hydrogen (secondary N) is 1. The molecule has 1 aliphatic heterocycles. The highest BCUT2D eigenvalue weighted by molar-refractivity contribution is 7.10. The van der Waals surface area contributed by atoms with Crippen LogP contribution in [0.2, 0.25) is 0 Å². The van der Waals surface area contributed by atoms with Gasteiger partial charge in [0.1, 0.15) is 0 Å². The molecular formula is C16H22N4OS2. The highest BCUT2D eigenvalue weighted by Crippen LogP contribution is 2.22. The third kappa shape index (κ3) is 4.38. The second-order valence-corrected chi connectivity index (χ2v) is 7.99. The number of aromatic nitrogens is 1. The van der Waals surface area contributed by atoms with Crippen LogP contribution in [0.4, 0.5) is 0 Å². The van der Waals surface area contributed by atoms with E-state index in [2.05, 4.69) is 22.1 Å². The maximum absolute atomic E-state index is 11.3. The van der Waals surface area contributed by atoms with E-state index >= 15 is 0 Å². The molecule has 0 saturated carbocycles. The highest BCUT2D eigenvalue weighted by Gasteiger charge is 2.20. The van der Waals surface area contributed by atoms with Gasteiger partial charge in [0.2, 0.25) is 5.91 Å². The molecule has 0 spiro atoms. The van der Waals surface area contributed by atoms with E-state index in [1.165, 1.54) is 16.2 Å². The lowest BCUT2D eigenvalue weighted by Gasteiger charge is -2.24. The summed E-state index contributed by atoms with van der Waals surface area (Å²) in [6.07, 6.45) is 1.23. The van der Waals surface area contributed by atoms with E-state index < -0.39 is 0 Å². The van der Waals surface area contributed by atoms with Gasteiger partial charge in [-0.1, -0.05) is 0 Å². The Morgan fingerprint density at radius 1 is 1.48 bits per heavy atom. The smallest absolute Gasteiger partial charge is 0.249 e. The fourth-order valence-corrected chi connectivity index (χ4v) is 4.65. The number of rotatable bonds is 7. The molecule has 124 valence electrons. The second-order valence-electron chi connectivity index (χ2n) is 6.06. The van der Waals surface area contributed by atoms with Crippen LogP contribution in [0.5, 0.6) is 0 Å². The summed E-state index contributed by atoms with van der Waals surface area (Å²) >= 11 is 3.33. The Kier molecular flexibility index (Phi) is 5.42. The lowest BCUT2D eigenvalue weighted by molar-refractivity contribution is 0.100.